The van der Waals surface area contributed by atoms with Crippen molar-refractivity contribution in [3.63, 3.8) is 0 Å². The minimum atomic E-state index is -0.722. The molecule has 3 aromatic rings. The summed E-state index contributed by atoms with van der Waals surface area (Å²) in [6.07, 6.45) is 0. The first-order valence-corrected chi connectivity index (χ1v) is 6.67. The van der Waals surface area contributed by atoms with Crippen molar-refractivity contribution in [1.29, 1.82) is 0 Å². The molecule has 22 heavy (non-hydrogen) atoms. The molecule has 3 rings (SSSR count). The summed E-state index contributed by atoms with van der Waals surface area (Å²) in [5, 5.41) is 4.50. The molecule has 0 atom stereocenters. The average molecular weight is 321 g/mol. The van der Waals surface area contributed by atoms with E-state index in [2.05, 4.69) is 5.10 Å². The summed E-state index contributed by atoms with van der Waals surface area (Å²) >= 11 is 6.06. The Morgan fingerprint density at radius 2 is 2.05 bits per heavy atom. The van der Waals surface area contributed by atoms with Gasteiger partial charge in [0.15, 0.2) is 0 Å². The molecule has 0 aliphatic rings. The van der Waals surface area contributed by atoms with Crippen LogP contribution in [-0.2, 0) is 0 Å². The van der Waals surface area contributed by atoms with Gasteiger partial charge in [-0.15, -0.1) is 5.10 Å². The molecule has 0 aliphatic heterocycles. The van der Waals surface area contributed by atoms with Gasteiger partial charge < -0.3 is 9.15 Å². The molecular formula is C15H10ClFN2O3. The van der Waals surface area contributed by atoms with Gasteiger partial charge >= 0.3 is 5.76 Å². The highest BCUT2D eigenvalue weighted by molar-refractivity contribution is 6.33. The van der Waals surface area contributed by atoms with E-state index in [1.54, 1.807) is 24.3 Å². The monoisotopic (exact) mass is 320 g/mol. The van der Waals surface area contributed by atoms with Gasteiger partial charge in [-0.1, -0.05) is 23.7 Å². The first-order valence-electron chi connectivity index (χ1n) is 6.29. The van der Waals surface area contributed by atoms with Crippen molar-refractivity contribution in [3.05, 3.63) is 63.9 Å². The summed E-state index contributed by atoms with van der Waals surface area (Å²) in [4.78, 5) is 12.0. The van der Waals surface area contributed by atoms with Crippen LogP contribution in [0.1, 0.15) is 0 Å². The second kappa shape index (κ2) is 5.65. The van der Waals surface area contributed by atoms with Crippen molar-refractivity contribution in [2.75, 3.05) is 7.11 Å². The number of nitrogens with zero attached hydrogens (tertiary/aromatic N) is 2. The predicted molar refractivity (Wildman–Crippen MR) is 79.1 cm³/mol. The third-order valence-corrected chi connectivity index (χ3v) is 3.35. The zero-order valence-electron chi connectivity index (χ0n) is 11.4. The van der Waals surface area contributed by atoms with Gasteiger partial charge in [-0.25, -0.2) is 9.18 Å². The van der Waals surface area contributed by atoms with Crippen molar-refractivity contribution in [2.45, 2.75) is 0 Å². The van der Waals surface area contributed by atoms with Crippen LogP contribution in [0.2, 0.25) is 5.02 Å². The van der Waals surface area contributed by atoms with Gasteiger partial charge in [0.1, 0.15) is 17.3 Å². The first kappa shape index (κ1) is 14.3. The van der Waals surface area contributed by atoms with Crippen LogP contribution >= 0.6 is 11.6 Å². The van der Waals surface area contributed by atoms with E-state index in [9.17, 15) is 9.18 Å². The Hall–Kier alpha value is -2.60. The molecule has 0 saturated heterocycles. The minimum Gasteiger partial charge on any atom is -0.494 e. The summed E-state index contributed by atoms with van der Waals surface area (Å²) in [6.45, 7) is 0. The Morgan fingerprint density at radius 3 is 2.77 bits per heavy atom. The van der Waals surface area contributed by atoms with Crippen LogP contribution in [0.4, 0.5) is 4.39 Å². The van der Waals surface area contributed by atoms with Gasteiger partial charge in [0.25, 0.3) is 5.89 Å². The molecule has 5 nitrogen and oxygen atoms in total. The van der Waals surface area contributed by atoms with Crippen molar-refractivity contribution < 1.29 is 13.5 Å². The summed E-state index contributed by atoms with van der Waals surface area (Å²) in [6, 6.07) is 10.6. The first-order chi connectivity index (χ1) is 10.6. The lowest BCUT2D eigenvalue weighted by Gasteiger charge is -2.06. The maximum Gasteiger partial charge on any atom is 0.442 e. The van der Waals surface area contributed by atoms with Crippen molar-refractivity contribution in [1.82, 2.24) is 9.78 Å². The molecule has 112 valence electrons. The lowest BCUT2D eigenvalue weighted by Crippen LogP contribution is -2.14. The molecule has 0 bridgehead atoms. The van der Waals surface area contributed by atoms with Crippen LogP contribution in [0.3, 0.4) is 0 Å². The third kappa shape index (κ3) is 2.48. The fourth-order valence-corrected chi connectivity index (χ4v) is 2.22. The summed E-state index contributed by atoms with van der Waals surface area (Å²) in [7, 11) is 1.37. The van der Waals surface area contributed by atoms with Crippen LogP contribution < -0.4 is 10.5 Å². The van der Waals surface area contributed by atoms with Gasteiger partial charge in [-0.05, 0) is 24.3 Å². The largest absolute Gasteiger partial charge is 0.494 e. The topological polar surface area (TPSA) is 57.3 Å². The fraction of sp³-hybridized carbons (Fsp3) is 0.0667. The molecule has 0 amide bonds. The number of rotatable bonds is 3. The van der Waals surface area contributed by atoms with E-state index < -0.39 is 11.6 Å². The SMILES string of the molecule is COc1cc(F)ccc1-n1nc(-c2ccccc2Cl)oc1=O. The average Bonchev–Trinajstić information content (AvgIpc) is 2.89. The van der Waals surface area contributed by atoms with Crippen molar-refractivity contribution in [3.8, 4) is 22.9 Å². The smallest absolute Gasteiger partial charge is 0.442 e. The second-order valence-corrected chi connectivity index (χ2v) is 4.79. The summed E-state index contributed by atoms with van der Waals surface area (Å²) in [5.74, 6) is -0.966. The fourth-order valence-electron chi connectivity index (χ4n) is 2.00. The molecule has 0 spiro atoms. The Bertz CT molecular complexity index is 888. The van der Waals surface area contributed by atoms with E-state index in [0.29, 0.717) is 10.6 Å². The molecule has 0 saturated carbocycles. The summed E-state index contributed by atoms with van der Waals surface area (Å²) < 4.78 is 24.4. The van der Waals surface area contributed by atoms with Gasteiger partial charge in [0.05, 0.1) is 17.7 Å². The van der Waals surface area contributed by atoms with Crippen LogP contribution in [0.5, 0.6) is 5.75 Å². The molecule has 0 fully saturated rings. The van der Waals surface area contributed by atoms with E-state index in [-0.39, 0.29) is 17.3 Å². The Labute approximate surface area is 129 Å². The molecule has 1 heterocycles. The quantitative estimate of drug-likeness (QED) is 0.743. The Balaban J connectivity index is 2.15. The Morgan fingerprint density at radius 1 is 1.27 bits per heavy atom. The van der Waals surface area contributed by atoms with Gasteiger partial charge in [-0.3, -0.25) is 0 Å². The number of ether oxygens (including phenoxy) is 1. The van der Waals surface area contributed by atoms with Gasteiger partial charge in [0.2, 0.25) is 0 Å². The lowest BCUT2D eigenvalue weighted by molar-refractivity contribution is 0.406. The minimum absolute atomic E-state index is 0.0713. The highest BCUT2D eigenvalue weighted by Gasteiger charge is 2.17. The maximum absolute atomic E-state index is 13.2. The number of hydrogen-bond donors (Lipinski definition) is 0. The third-order valence-electron chi connectivity index (χ3n) is 3.02. The van der Waals surface area contributed by atoms with E-state index >= 15 is 0 Å². The highest BCUT2D eigenvalue weighted by Crippen LogP contribution is 2.27. The molecule has 0 radical (unpaired) electrons. The van der Waals surface area contributed by atoms with E-state index in [4.69, 9.17) is 20.8 Å². The van der Waals surface area contributed by atoms with E-state index in [1.807, 2.05) is 0 Å². The maximum atomic E-state index is 13.2. The van der Waals surface area contributed by atoms with E-state index in [1.165, 1.54) is 19.2 Å². The van der Waals surface area contributed by atoms with Crippen LogP contribution in [0.25, 0.3) is 17.1 Å². The normalized spacial score (nSPS) is 10.7. The molecule has 1 aromatic heterocycles. The number of benzene rings is 2. The standard InChI is InChI=1S/C15H10ClFN2O3/c1-21-13-8-9(17)6-7-12(13)19-15(20)22-14(18-19)10-4-2-3-5-11(10)16/h2-8H,1H3. The summed E-state index contributed by atoms with van der Waals surface area (Å²) in [5.41, 5.74) is 0.761. The zero-order valence-corrected chi connectivity index (χ0v) is 12.2. The molecule has 0 N–H and O–H groups in total. The van der Waals surface area contributed by atoms with Gasteiger partial charge in [0, 0.05) is 6.07 Å². The van der Waals surface area contributed by atoms with Crippen molar-refractivity contribution in [2.24, 2.45) is 0 Å². The zero-order chi connectivity index (χ0) is 15.7. The number of methoxy groups -OCH3 is 1. The number of hydrogen-bond acceptors (Lipinski definition) is 4. The van der Waals surface area contributed by atoms with Crippen LogP contribution in [-0.4, -0.2) is 16.9 Å². The molecular weight excluding hydrogens is 311 g/mol. The molecule has 7 heteroatoms. The number of halogens is 2. The Kier molecular flexibility index (Phi) is 3.68. The van der Waals surface area contributed by atoms with Crippen LogP contribution in [0, 0.1) is 5.82 Å². The molecule has 2 aromatic carbocycles. The predicted octanol–water partition coefficient (Wildman–Crippen LogP) is 3.29. The number of aromatic nitrogens is 2. The van der Waals surface area contributed by atoms with E-state index in [0.717, 1.165) is 10.7 Å². The molecule has 0 unspecified atom stereocenters. The lowest BCUT2D eigenvalue weighted by atomic mass is 10.2. The van der Waals surface area contributed by atoms with Crippen LogP contribution in [0.15, 0.2) is 51.7 Å². The van der Waals surface area contributed by atoms with Crippen molar-refractivity contribution >= 4 is 11.6 Å². The second-order valence-electron chi connectivity index (χ2n) is 4.38. The molecule has 0 aliphatic carbocycles. The highest BCUT2D eigenvalue weighted by atomic mass is 35.5. The van der Waals surface area contributed by atoms with Gasteiger partial charge in [-0.2, -0.15) is 4.68 Å².